The third-order valence-corrected chi connectivity index (χ3v) is 3.22. The van der Waals surface area contributed by atoms with E-state index in [9.17, 15) is 14.4 Å². The zero-order chi connectivity index (χ0) is 14.0. The molecule has 1 aliphatic heterocycles. The number of hydrogen-bond acceptors (Lipinski definition) is 3. The van der Waals surface area contributed by atoms with Crippen molar-refractivity contribution >= 4 is 29.3 Å². The summed E-state index contributed by atoms with van der Waals surface area (Å²) in [6, 6.07) is 4.50. The van der Waals surface area contributed by atoms with E-state index in [1.54, 1.807) is 6.07 Å². The number of nitrogens with zero attached hydrogens (tertiary/aromatic N) is 1. The fraction of sp³-hybridized carbons (Fsp3) is 0.308. The van der Waals surface area contributed by atoms with Crippen molar-refractivity contribution in [3.63, 3.8) is 0 Å². The third kappa shape index (κ3) is 2.46. The lowest BCUT2D eigenvalue weighted by molar-refractivity contribution is 0.0693. The van der Waals surface area contributed by atoms with Crippen LogP contribution in [0.3, 0.4) is 0 Å². The zero-order valence-corrected chi connectivity index (χ0v) is 11.2. The minimum atomic E-state index is -0.379. The van der Waals surface area contributed by atoms with E-state index < -0.39 is 0 Å². The van der Waals surface area contributed by atoms with Gasteiger partial charge >= 0.3 is 0 Å². The molecule has 1 aromatic rings. The molecule has 2 rings (SSSR count). The Morgan fingerprint density at radius 3 is 2.63 bits per heavy atom. The van der Waals surface area contributed by atoms with E-state index in [0.717, 1.165) is 4.90 Å². The van der Waals surface area contributed by atoms with Crippen LogP contribution in [0.5, 0.6) is 0 Å². The van der Waals surface area contributed by atoms with Gasteiger partial charge < -0.3 is 5.32 Å². The first-order valence-electron chi connectivity index (χ1n) is 5.87. The summed E-state index contributed by atoms with van der Waals surface area (Å²) in [5, 5.41) is 2.70. The fourth-order valence-corrected chi connectivity index (χ4v) is 2.01. The van der Waals surface area contributed by atoms with Crippen molar-refractivity contribution < 1.29 is 14.4 Å². The third-order valence-electron chi connectivity index (χ3n) is 2.95. The van der Waals surface area contributed by atoms with Gasteiger partial charge in [0.1, 0.15) is 0 Å². The first kappa shape index (κ1) is 13.5. The summed E-state index contributed by atoms with van der Waals surface area (Å²) in [5.74, 6) is -0.519. The summed E-state index contributed by atoms with van der Waals surface area (Å²) < 4.78 is 0. The van der Waals surface area contributed by atoms with Crippen molar-refractivity contribution in [2.75, 3.05) is 19.5 Å². The standard InChI is InChI=1S/C13H13ClN2O3/c1-16-12(18)9-4-3-8(7-10(9)13(16)19)11(17)15-6-2-5-14/h3-4,7H,2,5-6H2,1H3,(H,15,17). The van der Waals surface area contributed by atoms with Crippen LogP contribution in [0.2, 0.25) is 0 Å². The molecule has 100 valence electrons. The Morgan fingerprint density at radius 2 is 1.95 bits per heavy atom. The monoisotopic (exact) mass is 280 g/mol. The van der Waals surface area contributed by atoms with Gasteiger partial charge in [-0.15, -0.1) is 11.6 Å². The van der Waals surface area contributed by atoms with Crippen molar-refractivity contribution in [3.8, 4) is 0 Å². The minimum absolute atomic E-state index is 0.275. The minimum Gasteiger partial charge on any atom is -0.352 e. The summed E-state index contributed by atoms with van der Waals surface area (Å²) in [6.45, 7) is 0.478. The molecule has 1 aromatic carbocycles. The van der Waals surface area contributed by atoms with Crippen LogP contribution in [-0.2, 0) is 0 Å². The van der Waals surface area contributed by atoms with Crippen molar-refractivity contribution in [3.05, 3.63) is 34.9 Å². The second-order valence-corrected chi connectivity index (χ2v) is 4.61. The first-order chi connectivity index (χ1) is 9.06. The van der Waals surface area contributed by atoms with Crippen LogP contribution in [0.1, 0.15) is 37.5 Å². The lowest BCUT2D eigenvalue weighted by Gasteiger charge is -2.04. The predicted molar refractivity (Wildman–Crippen MR) is 70.5 cm³/mol. The highest BCUT2D eigenvalue weighted by Gasteiger charge is 2.33. The van der Waals surface area contributed by atoms with Gasteiger partial charge in [-0.1, -0.05) is 0 Å². The highest BCUT2D eigenvalue weighted by Crippen LogP contribution is 2.22. The Morgan fingerprint density at radius 1 is 1.26 bits per heavy atom. The number of nitrogens with one attached hydrogen (secondary N) is 1. The molecular formula is C13H13ClN2O3. The molecule has 1 N–H and O–H groups in total. The normalized spacial score (nSPS) is 13.7. The number of carbonyl (C=O) groups excluding carboxylic acids is 3. The van der Waals surface area contributed by atoms with Gasteiger partial charge in [-0.05, 0) is 24.6 Å². The number of carbonyl (C=O) groups is 3. The SMILES string of the molecule is CN1C(=O)c2ccc(C(=O)NCCCCl)cc2C1=O. The number of fused-ring (bicyclic) bond motifs is 1. The molecule has 1 aliphatic rings. The summed E-state index contributed by atoms with van der Waals surface area (Å²) in [4.78, 5) is 36.4. The van der Waals surface area contributed by atoms with Crippen LogP contribution >= 0.6 is 11.6 Å². The largest absolute Gasteiger partial charge is 0.352 e. The van der Waals surface area contributed by atoms with E-state index in [-0.39, 0.29) is 23.3 Å². The number of alkyl halides is 1. The maximum absolute atomic E-state index is 11.8. The Kier molecular flexibility index (Phi) is 3.85. The smallest absolute Gasteiger partial charge is 0.261 e. The molecule has 0 spiro atoms. The van der Waals surface area contributed by atoms with Crippen molar-refractivity contribution in [1.29, 1.82) is 0 Å². The molecule has 0 fully saturated rings. The highest BCUT2D eigenvalue weighted by atomic mass is 35.5. The van der Waals surface area contributed by atoms with Gasteiger partial charge in [-0.2, -0.15) is 0 Å². The van der Waals surface area contributed by atoms with Gasteiger partial charge in [0, 0.05) is 25.0 Å². The van der Waals surface area contributed by atoms with Gasteiger partial charge in [0.15, 0.2) is 0 Å². The molecule has 0 saturated carbocycles. The second-order valence-electron chi connectivity index (χ2n) is 4.23. The van der Waals surface area contributed by atoms with E-state index in [0.29, 0.717) is 30.0 Å². The van der Waals surface area contributed by atoms with Crippen LogP contribution in [0, 0.1) is 0 Å². The Labute approximate surface area is 115 Å². The second kappa shape index (κ2) is 5.40. The molecule has 0 unspecified atom stereocenters. The molecule has 0 aliphatic carbocycles. The fourth-order valence-electron chi connectivity index (χ4n) is 1.87. The average molecular weight is 281 g/mol. The van der Waals surface area contributed by atoms with Crippen molar-refractivity contribution in [2.45, 2.75) is 6.42 Å². The van der Waals surface area contributed by atoms with Crippen molar-refractivity contribution in [2.24, 2.45) is 0 Å². The van der Waals surface area contributed by atoms with Gasteiger partial charge in [0.05, 0.1) is 11.1 Å². The van der Waals surface area contributed by atoms with Crippen LogP contribution in [-0.4, -0.2) is 42.1 Å². The van der Waals surface area contributed by atoms with E-state index in [4.69, 9.17) is 11.6 Å². The van der Waals surface area contributed by atoms with E-state index >= 15 is 0 Å². The predicted octanol–water partition coefficient (Wildman–Crippen LogP) is 1.27. The maximum Gasteiger partial charge on any atom is 0.261 e. The van der Waals surface area contributed by atoms with E-state index in [1.807, 2.05) is 0 Å². The molecule has 0 saturated heterocycles. The number of hydrogen-bond donors (Lipinski definition) is 1. The number of rotatable bonds is 4. The zero-order valence-electron chi connectivity index (χ0n) is 10.4. The average Bonchev–Trinajstić information content (AvgIpc) is 2.64. The molecule has 0 aromatic heterocycles. The topological polar surface area (TPSA) is 66.5 Å². The van der Waals surface area contributed by atoms with Gasteiger partial charge in [0.2, 0.25) is 0 Å². The molecule has 1 heterocycles. The molecule has 5 nitrogen and oxygen atoms in total. The molecule has 0 radical (unpaired) electrons. The Bertz CT molecular complexity index is 557. The molecule has 0 atom stereocenters. The van der Waals surface area contributed by atoms with Gasteiger partial charge in [0.25, 0.3) is 17.7 Å². The molecule has 19 heavy (non-hydrogen) atoms. The summed E-state index contributed by atoms with van der Waals surface area (Å²) in [6.07, 6.45) is 0.679. The number of amides is 3. The lowest BCUT2D eigenvalue weighted by atomic mass is 10.1. The Hall–Kier alpha value is -1.88. The lowest BCUT2D eigenvalue weighted by Crippen LogP contribution is -2.25. The molecule has 3 amide bonds. The summed E-state index contributed by atoms with van der Waals surface area (Å²) in [5.41, 5.74) is 0.979. The molecule has 0 bridgehead atoms. The van der Waals surface area contributed by atoms with Crippen LogP contribution in [0.15, 0.2) is 18.2 Å². The highest BCUT2D eigenvalue weighted by molar-refractivity contribution is 6.21. The van der Waals surface area contributed by atoms with Crippen molar-refractivity contribution in [1.82, 2.24) is 10.2 Å². The van der Waals surface area contributed by atoms with Crippen LogP contribution in [0.4, 0.5) is 0 Å². The first-order valence-corrected chi connectivity index (χ1v) is 6.40. The number of halogens is 1. The Balaban J connectivity index is 2.21. The van der Waals surface area contributed by atoms with E-state index in [2.05, 4.69) is 5.32 Å². The van der Waals surface area contributed by atoms with Crippen LogP contribution in [0.25, 0.3) is 0 Å². The molecule has 6 heteroatoms. The van der Waals surface area contributed by atoms with Gasteiger partial charge in [-0.25, -0.2) is 0 Å². The molecular weight excluding hydrogens is 268 g/mol. The summed E-state index contributed by atoms with van der Waals surface area (Å²) in [7, 11) is 1.42. The summed E-state index contributed by atoms with van der Waals surface area (Å²) >= 11 is 5.52. The van der Waals surface area contributed by atoms with Gasteiger partial charge in [-0.3, -0.25) is 19.3 Å². The number of benzene rings is 1. The maximum atomic E-state index is 11.8. The van der Waals surface area contributed by atoms with Crippen LogP contribution < -0.4 is 5.32 Å². The number of imide groups is 1. The quantitative estimate of drug-likeness (QED) is 0.513. The van der Waals surface area contributed by atoms with E-state index in [1.165, 1.54) is 19.2 Å².